The van der Waals surface area contributed by atoms with Crippen molar-refractivity contribution in [2.45, 2.75) is 78.1 Å². The average molecular weight is 388 g/mol. The van der Waals surface area contributed by atoms with Crippen LogP contribution in [0, 0.1) is 17.3 Å². The van der Waals surface area contributed by atoms with Crippen LogP contribution in [0.2, 0.25) is 0 Å². The van der Waals surface area contributed by atoms with Gasteiger partial charge in [-0.1, -0.05) is 52.4 Å². The maximum atomic E-state index is 11.8. The van der Waals surface area contributed by atoms with Gasteiger partial charge in [-0.15, -0.1) is 0 Å². The molecule has 4 N–H and O–H groups in total. The average Bonchev–Trinajstić information content (AvgIpc) is 2.57. The van der Waals surface area contributed by atoms with Gasteiger partial charge in [0.05, 0.1) is 24.7 Å². The van der Waals surface area contributed by atoms with Gasteiger partial charge in [-0.25, -0.2) is 0 Å². The summed E-state index contributed by atoms with van der Waals surface area (Å²) in [5, 5.41) is 37.5. The van der Waals surface area contributed by atoms with Gasteiger partial charge in [0.1, 0.15) is 0 Å². The van der Waals surface area contributed by atoms with Crippen LogP contribution in [0.5, 0.6) is 0 Å². The van der Waals surface area contributed by atoms with E-state index in [1.807, 2.05) is 0 Å². The van der Waals surface area contributed by atoms with E-state index in [-0.39, 0.29) is 12.8 Å². The molecular formula is C19H32O8. The molecule has 27 heavy (non-hydrogen) atoms. The molecule has 0 aromatic heterocycles. The minimum absolute atomic E-state index is 0.0798. The highest BCUT2D eigenvalue weighted by Crippen LogP contribution is 2.47. The Balaban J connectivity index is 5.75. The van der Waals surface area contributed by atoms with E-state index < -0.39 is 54.0 Å². The summed E-state index contributed by atoms with van der Waals surface area (Å²) in [5.74, 6) is -8.42. The van der Waals surface area contributed by atoms with Crippen LogP contribution in [0.3, 0.4) is 0 Å². The van der Waals surface area contributed by atoms with Gasteiger partial charge in [-0.2, -0.15) is 0 Å². The van der Waals surface area contributed by atoms with Crippen molar-refractivity contribution in [2.24, 2.45) is 17.3 Å². The molecule has 0 aliphatic rings. The fourth-order valence-electron chi connectivity index (χ4n) is 3.92. The highest BCUT2D eigenvalue weighted by Gasteiger charge is 2.51. The Kier molecular flexibility index (Phi) is 11.3. The van der Waals surface area contributed by atoms with Crippen LogP contribution < -0.4 is 0 Å². The second kappa shape index (κ2) is 12.3. The second-order valence-electron chi connectivity index (χ2n) is 7.08. The highest BCUT2D eigenvalue weighted by molar-refractivity contribution is 5.82. The molecule has 156 valence electrons. The SMILES string of the molecule is CCCCCCCCC(CC)(C(CC(=O)O)C(=O)O)C(CC(=O)O)C(=O)O. The minimum Gasteiger partial charge on any atom is -0.481 e. The van der Waals surface area contributed by atoms with E-state index in [0.29, 0.717) is 6.42 Å². The summed E-state index contributed by atoms with van der Waals surface area (Å²) in [4.78, 5) is 46.1. The van der Waals surface area contributed by atoms with E-state index in [1.165, 1.54) is 0 Å². The number of rotatable bonds is 16. The third-order valence-electron chi connectivity index (χ3n) is 5.40. The van der Waals surface area contributed by atoms with Crippen molar-refractivity contribution in [1.29, 1.82) is 0 Å². The molecule has 0 saturated carbocycles. The first-order chi connectivity index (χ1) is 12.6. The topological polar surface area (TPSA) is 149 Å². The number of aliphatic carboxylic acids is 4. The van der Waals surface area contributed by atoms with E-state index in [2.05, 4.69) is 6.92 Å². The zero-order chi connectivity index (χ0) is 21.0. The number of carboxylic acid groups (broad SMARTS) is 4. The molecule has 8 heteroatoms. The molecule has 0 aliphatic heterocycles. The third kappa shape index (κ3) is 7.97. The fourth-order valence-corrected chi connectivity index (χ4v) is 3.92. The number of carbonyl (C=O) groups is 4. The first-order valence-electron chi connectivity index (χ1n) is 9.51. The summed E-state index contributed by atoms with van der Waals surface area (Å²) in [5.41, 5.74) is -1.43. The van der Waals surface area contributed by atoms with Gasteiger partial charge in [0, 0.05) is 0 Å². The number of hydrogen-bond acceptors (Lipinski definition) is 4. The Bertz CT molecular complexity index is 480. The molecule has 8 nitrogen and oxygen atoms in total. The zero-order valence-electron chi connectivity index (χ0n) is 16.1. The van der Waals surface area contributed by atoms with Crippen molar-refractivity contribution < 1.29 is 39.6 Å². The number of hydrogen-bond donors (Lipinski definition) is 4. The maximum absolute atomic E-state index is 11.8. The molecule has 0 aliphatic carbocycles. The van der Waals surface area contributed by atoms with Crippen LogP contribution in [-0.4, -0.2) is 44.3 Å². The Morgan fingerprint density at radius 3 is 1.44 bits per heavy atom. The number of unbranched alkanes of at least 4 members (excludes halogenated alkanes) is 5. The Morgan fingerprint density at radius 1 is 0.704 bits per heavy atom. The molecule has 0 aromatic carbocycles. The summed E-state index contributed by atoms with van der Waals surface area (Å²) in [7, 11) is 0. The Morgan fingerprint density at radius 2 is 1.11 bits per heavy atom. The molecule has 0 heterocycles. The van der Waals surface area contributed by atoms with Crippen molar-refractivity contribution in [1.82, 2.24) is 0 Å². The quantitative estimate of drug-likeness (QED) is 0.294. The molecule has 2 atom stereocenters. The molecule has 0 radical (unpaired) electrons. The molecule has 2 unspecified atom stereocenters. The van der Waals surface area contributed by atoms with Gasteiger partial charge in [-0.3, -0.25) is 19.2 Å². The first-order valence-corrected chi connectivity index (χ1v) is 9.51. The predicted molar refractivity (Wildman–Crippen MR) is 97.5 cm³/mol. The van der Waals surface area contributed by atoms with Crippen LogP contribution in [0.4, 0.5) is 0 Å². The third-order valence-corrected chi connectivity index (χ3v) is 5.40. The zero-order valence-corrected chi connectivity index (χ0v) is 16.1. The molecule has 0 fully saturated rings. The van der Waals surface area contributed by atoms with E-state index in [4.69, 9.17) is 10.2 Å². The van der Waals surface area contributed by atoms with Crippen molar-refractivity contribution in [3.63, 3.8) is 0 Å². The number of carboxylic acids is 4. The van der Waals surface area contributed by atoms with Crippen LogP contribution in [0.25, 0.3) is 0 Å². The standard InChI is InChI=1S/C19H32O8/c1-3-5-6-7-8-9-10-19(4-2,13(17(24)25)11-15(20)21)14(18(26)27)12-16(22)23/h13-14H,3-12H2,1-2H3,(H,20,21)(H,22,23)(H,24,25)(H,26,27). The van der Waals surface area contributed by atoms with Gasteiger partial charge in [0.25, 0.3) is 0 Å². The van der Waals surface area contributed by atoms with E-state index in [0.717, 1.165) is 32.1 Å². The lowest BCUT2D eigenvalue weighted by Crippen LogP contribution is -2.46. The fraction of sp³-hybridized carbons (Fsp3) is 0.789. The molecule has 0 bridgehead atoms. The van der Waals surface area contributed by atoms with Crippen LogP contribution >= 0.6 is 0 Å². The highest BCUT2D eigenvalue weighted by atomic mass is 16.4. The van der Waals surface area contributed by atoms with Gasteiger partial charge in [0.15, 0.2) is 0 Å². The first kappa shape index (κ1) is 24.9. The lowest BCUT2D eigenvalue weighted by Gasteiger charge is -2.42. The Labute approximate surface area is 159 Å². The molecule has 0 aromatic rings. The van der Waals surface area contributed by atoms with Gasteiger partial charge >= 0.3 is 23.9 Å². The van der Waals surface area contributed by atoms with Crippen LogP contribution in [-0.2, 0) is 19.2 Å². The maximum Gasteiger partial charge on any atom is 0.307 e. The largest absolute Gasteiger partial charge is 0.481 e. The van der Waals surface area contributed by atoms with Crippen molar-refractivity contribution >= 4 is 23.9 Å². The van der Waals surface area contributed by atoms with Crippen LogP contribution in [0.15, 0.2) is 0 Å². The predicted octanol–water partition coefficient (Wildman–Crippen LogP) is 3.48. The molecule has 0 saturated heterocycles. The monoisotopic (exact) mass is 388 g/mol. The minimum atomic E-state index is -1.46. The van der Waals surface area contributed by atoms with E-state index in [1.54, 1.807) is 6.92 Å². The van der Waals surface area contributed by atoms with Gasteiger partial charge in [-0.05, 0) is 18.3 Å². The normalized spacial score (nSPS) is 15.5. The second-order valence-corrected chi connectivity index (χ2v) is 7.08. The van der Waals surface area contributed by atoms with Crippen molar-refractivity contribution in [2.75, 3.05) is 0 Å². The molecule has 0 rings (SSSR count). The molecule has 0 spiro atoms. The van der Waals surface area contributed by atoms with Crippen molar-refractivity contribution in [3.05, 3.63) is 0 Å². The van der Waals surface area contributed by atoms with Gasteiger partial charge in [0.2, 0.25) is 0 Å². The summed E-state index contributed by atoms with van der Waals surface area (Å²) < 4.78 is 0. The molecular weight excluding hydrogens is 356 g/mol. The van der Waals surface area contributed by atoms with Crippen LogP contribution in [0.1, 0.15) is 78.1 Å². The lowest BCUT2D eigenvalue weighted by molar-refractivity contribution is -0.166. The van der Waals surface area contributed by atoms with E-state index >= 15 is 0 Å². The van der Waals surface area contributed by atoms with Crippen molar-refractivity contribution in [3.8, 4) is 0 Å². The smallest absolute Gasteiger partial charge is 0.307 e. The summed E-state index contributed by atoms with van der Waals surface area (Å²) >= 11 is 0. The van der Waals surface area contributed by atoms with E-state index in [9.17, 15) is 29.4 Å². The van der Waals surface area contributed by atoms with Gasteiger partial charge < -0.3 is 20.4 Å². The summed E-state index contributed by atoms with van der Waals surface area (Å²) in [6, 6.07) is 0. The lowest BCUT2D eigenvalue weighted by atomic mass is 9.60. The molecule has 0 amide bonds. The summed E-state index contributed by atoms with van der Waals surface area (Å²) in [6.45, 7) is 3.68. The Hall–Kier alpha value is -2.12. The summed E-state index contributed by atoms with van der Waals surface area (Å²) in [6.07, 6.45) is 4.16.